The number of hydrogen-bond donors (Lipinski definition) is 11. The second-order valence-corrected chi connectivity index (χ2v) is 21.8. The molecule has 0 amide bonds. The van der Waals surface area contributed by atoms with Crippen LogP contribution in [0.3, 0.4) is 0 Å². The number of hydrogen-bond acceptors (Lipinski definition) is 18. The molecular weight excluding hydrogens is 868 g/mol. The second-order valence-electron chi connectivity index (χ2n) is 21.8. The van der Waals surface area contributed by atoms with Gasteiger partial charge in [0.2, 0.25) is 6.29 Å². The summed E-state index contributed by atoms with van der Waals surface area (Å²) in [5.41, 5.74) is -1.16. The summed E-state index contributed by atoms with van der Waals surface area (Å²) in [6, 6.07) is 0. The predicted molar refractivity (Wildman–Crippen MR) is 226 cm³/mol. The van der Waals surface area contributed by atoms with Crippen LogP contribution < -0.4 is 0 Å². The van der Waals surface area contributed by atoms with Gasteiger partial charge in [0.25, 0.3) is 0 Å². The van der Waals surface area contributed by atoms with Gasteiger partial charge in [0.1, 0.15) is 67.1 Å². The van der Waals surface area contributed by atoms with Gasteiger partial charge in [0, 0.05) is 5.92 Å². The summed E-state index contributed by atoms with van der Waals surface area (Å²) in [5, 5.41) is 118. The first-order chi connectivity index (χ1) is 30.9. The fraction of sp³-hybridized carbons (Fsp3) is 0.872. The van der Waals surface area contributed by atoms with E-state index in [0.717, 1.165) is 17.6 Å². The van der Waals surface area contributed by atoms with E-state index in [2.05, 4.69) is 33.4 Å². The number of carbonyl (C=O) groups is 2. The molecule has 0 aromatic carbocycles. The van der Waals surface area contributed by atoms with Gasteiger partial charge in [-0.15, -0.1) is 0 Å². The minimum atomic E-state index is -1.87. The number of esters is 1. The summed E-state index contributed by atoms with van der Waals surface area (Å²) in [6.45, 7) is 12.9. The molecule has 5 aliphatic carbocycles. The molecule has 11 N–H and O–H groups in total. The van der Waals surface area contributed by atoms with Crippen molar-refractivity contribution >= 4 is 11.9 Å². The van der Waals surface area contributed by atoms with Crippen molar-refractivity contribution in [3.63, 3.8) is 0 Å². The normalized spacial score (nSPS) is 53.9. The number of carbonyl (C=O) groups excluding carboxylic acids is 1. The van der Waals surface area contributed by atoms with Crippen LogP contribution in [-0.2, 0) is 38.0 Å². The summed E-state index contributed by atoms with van der Waals surface area (Å²) < 4.78 is 34.5. The van der Waals surface area contributed by atoms with E-state index in [0.29, 0.717) is 57.8 Å². The van der Waals surface area contributed by atoms with Crippen LogP contribution >= 0.6 is 0 Å². The third kappa shape index (κ3) is 7.57. The molecule has 0 radical (unpaired) electrons. The van der Waals surface area contributed by atoms with Crippen LogP contribution in [0.1, 0.15) is 98.8 Å². The van der Waals surface area contributed by atoms with Crippen molar-refractivity contribution in [1.82, 2.24) is 0 Å². The third-order valence-electron chi connectivity index (χ3n) is 18.8. The lowest BCUT2D eigenvalue weighted by Gasteiger charge is -2.70. The first kappa shape index (κ1) is 50.2. The topological polar surface area (TPSA) is 312 Å². The molecule has 24 atom stereocenters. The molecule has 3 heterocycles. The number of allylic oxidation sites excluding steroid dienone is 3. The van der Waals surface area contributed by atoms with Gasteiger partial charge in [0.05, 0.1) is 36.3 Å². The molecule has 3 aliphatic heterocycles. The molecule has 8 rings (SSSR count). The summed E-state index contributed by atoms with van der Waals surface area (Å²) in [7, 11) is 0. The SMILES string of the molecule is C=C1CC[C@]2(C(=O)O[C@H]3O[C@@H](CO[C@H]4O[C@@H](CO)[C@H](O[C@H]5O[C@@H](C)[C@H](O)[C@@H](O)[C@@H]5O)[C@@H](O)[C@@H]4O)[C@H](O)[C@@H](O)[C@@H]3O)CC[C@@]3(C)C(=CC[C@H]4[C@]5(C)CC[C@@H](O)[C@](C)(C(=O)O)[C@@H]5CC[C@]43C)[C@@H]2C1. The van der Waals surface area contributed by atoms with Gasteiger partial charge in [-0.2, -0.15) is 0 Å². The molecule has 7 fully saturated rings. The Kier molecular flexibility index (Phi) is 13.6. The summed E-state index contributed by atoms with van der Waals surface area (Å²) >= 11 is 0. The minimum absolute atomic E-state index is 0.125. The van der Waals surface area contributed by atoms with Crippen LogP contribution in [0.4, 0.5) is 0 Å². The number of rotatable bonds is 9. The molecule has 4 saturated carbocycles. The van der Waals surface area contributed by atoms with Crippen LogP contribution in [0.15, 0.2) is 23.8 Å². The van der Waals surface area contributed by atoms with Crippen molar-refractivity contribution in [3.8, 4) is 0 Å². The van der Waals surface area contributed by atoms with E-state index in [1.807, 2.05) is 0 Å². The maximum atomic E-state index is 14.8. The van der Waals surface area contributed by atoms with E-state index in [9.17, 15) is 65.8 Å². The molecule has 0 spiro atoms. The van der Waals surface area contributed by atoms with Crippen molar-refractivity contribution in [1.29, 1.82) is 0 Å². The van der Waals surface area contributed by atoms with Crippen molar-refractivity contribution in [2.24, 2.45) is 44.8 Å². The second kappa shape index (κ2) is 17.9. The largest absolute Gasteiger partial charge is 0.481 e. The zero-order chi connectivity index (χ0) is 48.2. The first-order valence-corrected chi connectivity index (χ1v) is 23.7. The smallest absolute Gasteiger partial charge is 0.315 e. The van der Waals surface area contributed by atoms with E-state index >= 15 is 0 Å². The monoisotopic (exact) mass is 940 g/mol. The predicted octanol–water partition coefficient (Wildman–Crippen LogP) is -0.237. The number of aliphatic hydroxyl groups excluding tert-OH is 10. The van der Waals surface area contributed by atoms with Crippen molar-refractivity contribution in [2.45, 2.75) is 197 Å². The highest BCUT2D eigenvalue weighted by molar-refractivity contribution is 5.79. The van der Waals surface area contributed by atoms with Crippen LogP contribution in [0, 0.1) is 44.8 Å². The molecule has 19 heteroatoms. The lowest BCUT2D eigenvalue weighted by Crippen LogP contribution is -2.66. The molecule has 8 aliphatic rings. The Bertz CT molecular complexity index is 1880. The lowest BCUT2D eigenvalue weighted by molar-refractivity contribution is -0.361. The van der Waals surface area contributed by atoms with Gasteiger partial charge in [-0.05, 0) is 106 Å². The molecule has 374 valence electrons. The first-order valence-electron chi connectivity index (χ1n) is 23.7. The maximum absolute atomic E-state index is 14.8. The Morgan fingerprint density at radius 2 is 1.39 bits per heavy atom. The van der Waals surface area contributed by atoms with Crippen molar-refractivity contribution < 1.29 is 94.2 Å². The van der Waals surface area contributed by atoms with Crippen molar-refractivity contribution in [2.75, 3.05) is 13.2 Å². The van der Waals surface area contributed by atoms with Gasteiger partial charge in [-0.25, -0.2) is 0 Å². The zero-order valence-corrected chi connectivity index (χ0v) is 38.4. The van der Waals surface area contributed by atoms with E-state index < -0.39 is 134 Å². The van der Waals surface area contributed by atoms with Gasteiger partial charge >= 0.3 is 11.9 Å². The summed E-state index contributed by atoms with van der Waals surface area (Å²) in [6.07, 6.45) is -17.4. The number of carboxylic acids is 1. The van der Waals surface area contributed by atoms with Crippen LogP contribution in [0.2, 0.25) is 0 Å². The Morgan fingerprint density at radius 3 is 2.08 bits per heavy atom. The van der Waals surface area contributed by atoms with Gasteiger partial charge in [0.15, 0.2) is 12.6 Å². The highest BCUT2D eigenvalue weighted by Gasteiger charge is 2.71. The Labute approximate surface area is 384 Å². The molecular formula is C47H72O19. The van der Waals surface area contributed by atoms with E-state index in [4.69, 9.17) is 28.4 Å². The third-order valence-corrected chi connectivity index (χ3v) is 18.8. The number of aliphatic hydroxyl groups is 10. The lowest BCUT2D eigenvalue weighted by atomic mass is 9.33. The molecule has 0 aromatic heterocycles. The van der Waals surface area contributed by atoms with Crippen LogP contribution in [0.5, 0.6) is 0 Å². The number of aliphatic carboxylic acids is 1. The Balaban J connectivity index is 0.970. The zero-order valence-electron chi connectivity index (χ0n) is 38.4. The van der Waals surface area contributed by atoms with Gasteiger partial charge in [-0.3, -0.25) is 9.59 Å². The fourth-order valence-corrected chi connectivity index (χ4v) is 14.4. The molecule has 0 unspecified atom stereocenters. The molecule has 19 nitrogen and oxygen atoms in total. The van der Waals surface area contributed by atoms with Gasteiger partial charge in [-0.1, -0.05) is 44.6 Å². The maximum Gasteiger partial charge on any atom is 0.315 e. The summed E-state index contributed by atoms with van der Waals surface area (Å²) in [5.74, 6) is -2.00. The number of ether oxygens (including phenoxy) is 6. The Hall–Kier alpha value is -2.18. The molecule has 3 saturated heterocycles. The van der Waals surface area contributed by atoms with Gasteiger partial charge < -0.3 is 84.6 Å². The minimum Gasteiger partial charge on any atom is -0.481 e. The van der Waals surface area contributed by atoms with E-state index in [1.54, 1.807) is 6.92 Å². The number of carboxylic acid groups (broad SMARTS) is 1. The standard InChI is InChI=1S/C47H72O19/c1-20-9-14-47(16-15-44(4)22(23(47)17-20)7-8-26-43(3)12-11-28(49)46(6,41(58)59)27(43)10-13-45(26,44)5)42(60)66-40-35(56)32(53)30(51)25(64-40)19-61-38-36(57)33(54)37(24(18-48)63-38)65-39-34(55)31(52)29(50)21(2)62-39/h7,21,23-40,48-57H,1,8-19H2,2-6H3,(H,58,59)/t21-,23-,24-,25-,26-,27+,28+,29-,30-,31+,32+,33-,34-,35-,36-,37-,38-,39+,40+,43-,44-,45+,46+,47-/m0/s1. The average molecular weight is 941 g/mol. The quantitative estimate of drug-likeness (QED) is 0.105. The van der Waals surface area contributed by atoms with Crippen molar-refractivity contribution in [3.05, 3.63) is 23.8 Å². The Morgan fingerprint density at radius 1 is 0.742 bits per heavy atom. The fourth-order valence-electron chi connectivity index (χ4n) is 14.4. The van der Waals surface area contributed by atoms with Crippen LogP contribution in [-0.4, -0.2) is 180 Å². The highest BCUT2D eigenvalue weighted by Crippen LogP contribution is 2.75. The van der Waals surface area contributed by atoms with E-state index in [-0.39, 0.29) is 34.0 Å². The number of fused-ring (bicyclic) bond motifs is 7. The van der Waals surface area contributed by atoms with E-state index in [1.165, 1.54) is 6.92 Å². The summed E-state index contributed by atoms with van der Waals surface area (Å²) in [4.78, 5) is 27.6. The molecule has 0 bridgehead atoms. The van der Waals surface area contributed by atoms with Crippen LogP contribution in [0.25, 0.3) is 0 Å². The highest BCUT2D eigenvalue weighted by atomic mass is 16.8. The molecule has 66 heavy (non-hydrogen) atoms. The average Bonchev–Trinajstić information content (AvgIpc) is 3.28. The molecule has 0 aromatic rings.